The first-order valence-corrected chi connectivity index (χ1v) is 5.89. The van der Waals surface area contributed by atoms with Crippen LogP contribution >= 0.6 is 0 Å². The Kier molecular flexibility index (Phi) is 5.17. The predicted octanol–water partition coefficient (Wildman–Crippen LogP) is 4.59. The fourth-order valence-electron chi connectivity index (χ4n) is 1.52. The van der Waals surface area contributed by atoms with Gasteiger partial charge in [0.15, 0.2) is 0 Å². The first-order valence-electron chi connectivity index (χ1n) is 5.89. The minimum absolute atomic E-state index is 1.15. The predicted molar refractivity (Wildman–Crippen MR) is 67.0 cm³/mol. The van der Waals surface area contributed by atoms with Crippen LogP contribution in [0.4, 0.5) is 0 Å². The molecular formula is C15H21. The molecule has 0 aliphatic rings. The highest BCUT2D eigenvalue weighted by Gasteiger charge is 1.92. The number of hydrogen-bond acceptors (Lipinski definition) is 0. The summed E-state index contributed by atoms with van der Waals surface area (Å²) in [6, 6.07) is 6.50. The van der Waals surface area contributed by atoms with E-state index in [1.807, 2.05) is 0 Å². The van der Waals surface area contributed by atoms with E-state index in [0.29, 0.717) is 0 Å². The van der Waals surface area contributed by atoms with Crippen LogP contribution in [0.1, 0.15) is 49.3 Å². The van der Waals surface area contributed by atoms with E-state index in [-0.39, 0.29) is 0 Å². The Labute approximate surface area is 94.0 Å². The molecule has 81 valence electrons. The molecule has 0 heteroatoms. The fraction of sp³-hybridized carbons (Fsp3) is 0.467. The van der Waals surface area contributed by atoms with Gasteiger partial charge in [0.2, 0.25) is 0 Å². The van der Waals surface area contributed by atoms with Crippen molar-refractivity contribution in [3.05, 3.63) is 47.0 Å². The van der Waals surface area contributed by atoms with Crippen LogP contribution in [-0.4, -0.2) is 0 Å². The van der Waals surface area contributed by atoms with Crippen molar-refractivity contribution in [1.82, 2.24) is 0 Å². The van der Waals surface area contributed by atoms with Crippen molar-refractivity contribution in [3.63, 3.8) is 0 Å². The summed E-state index contributed by atoms with van der Waals surface area (Å²) in [5, 5.41) is 0. The monoisotopic (exact) mass is 201 g/mol. The summed E-state index contributed by atoms with van der Waals surface area (Å²) >= 11 is 0. The van der Waals surface area contributed by atoms with Crippen molar-refractivity contribution in [2.45, 2.75) is 46.5 Å². The largest absolute Gasteiger partial charge is 0.0760 e. The van der Waals surface area contributed by atoms with Crippen molar-refractivity contribution >= 4 is 0 Å². The molecule has 1 radical (unpaired) electrons. The van der Waals surface area contributed by atoms with Crippen LogP contribution in [0.3, 0.4) is 0 Å². The van der Waals surface area contributed by atoms with E-state index in [4.69, 9.17) is 0 Å². The Morgan fingerprint density at radius 2 is 1.93 bits per heavy atom. The van der Waals surface area contributed by atoms with Crippen LogP contribution in [0.2, 0.25) is 0 Å². The van der Waals surface area contributed by atoms with Gasteiger partial charge in [-0.1, -0.05) is 44.0 Å². The van der Waals surface area contributed by atoms with Crippen molar-refractivity contribution < 1.29 is 0 Å². The van der Waals surface area contributed by atoms with Gasteiger partial charge in [-0.05, 0) is 49.5 Å². The fourth-order valence-corrected chi connectivity index (χ4v) is 1.52. The molecule has 15 heavy (non-hydrogen) atoms. The average molecular weight is 201 g/mol. The third kappa shape index (κ3) is 4.33. The summed E-state index contributed by atoms with van der Waals surface area (Å²) in [7, 11) is 0. The molecule has 1 aromatic rings. The van der Waals surface area contributed by atoms with Gasteiger partial charge < -0.3 is 0 Å². The van der Waals surface area contributed by atoms with E-state index in [1.54, 1.807) is 0 Å². The Bertz CT molecular complexity index is 321. The van der Waals surface area contributed by atoms with Gasteiger partial charge in [-0.3, -0.25) is 0 Å². The molecule has 0 nitrogen and oxygen atoms in total. The van der Waals surface area contributed by atoms with Gasteiger partial charge in [-0.15, -0.1) is 0 Å². The first-order chi connectivity index (χ1) is 7.24. The van der Waals surface area contributed by atoms with Gasteiger partial charge in [-0.25, -0.2) is 0 Å². The molecular weight excluding hydrogens is 180 g/mol. The molecule has 0 saturated heterocycles. The van der Waals surface area contributed by atoms with E-state index in [2.05, 4.69) is 51.1 Å². The van der Waals surface area contributed by atoms with Gasteiger partial charge in [0.05, 0.1) is 0 Å². The van der Waals surface area contributed by atoms with Gasteiger partial charge >= 0.3 is 0 Å². The Morgan fingerprint density at radius 1 is 1.13 bits per heavy atom. The summed E-state index contributed by atoms with van der Waals surface area (Å²) in [5.74, 6) is 0. The lowest BCUT2D eigenvalue weighted by molar-refractivity contribution is 0.728. The molecule has 0 N–H and O–H groups in total. The number of aryl methyl sites for hydroxylation is 2. The second-order valence-electron chi connectivity index (χ2n) is 4.14. The van der Waals surface area contributed by atoms with Crippen molar-refractivity contribution in [1.29, 1.82) is 0 Å². The van der Waals surface area contributed by atoms with Crippen LogP contribution in [0, 0.1) is 19.9 Å². The third-order valence-corrected chi connectivity index (χ3v) is 2.73. The number of benzene rings is 1. The van der Waals surface area contributed by atoms with E-state index in [0.717, 1.165) is 6.42 Å². The number of allylic oxidation sites excluding steroid dienone is 1. The summed E-state index contributed by atoms with van der Waals surface area (Å²) in [6.07, 6.45) is 10.6. The number of hydrogen-bond donors (Lipinski definition) is 0. The maximum atomic E-state index is 3.35. The second-order valence-corrected chi connectivity index (χ2v) is 4.14. The summed E-state index contributed by atoms with van der Waals surface area (Å²) < 4.78 is 0. The Morgan fingerprint density at radius 3 is 2.60 bits per heavy atom. The maximum absolute atomic E-state index is 3.35. The van der Waals surface area contributed by atoms with E-state index in [1.165, 1.54) is 36.0 Å². The zero-order valence-corrected chi connectivity index (χ0v) is 10.1. The molecule has 0 saturated carbocycles. The van der Waals surface area contributed by atoms with Gasteiger partial charge in [0.1, 0.15) is 0 Å². The first kappa shape index (κ1) is 12.0. The summed E-state index contributed by atoms with van der Waals surface area (Å²) in [6.45, 7) is 6.53. The molecule has 0 fully saturated rings. The molecule has 0 heterocycles. The minimum atomic E-state index is 1.15. The second kappa shape index (κ2) is 6.44. The standard InChI is InChI=1S/C15H21/c1-4-5-6-7-8-9-15-11-10-13(2)14(3)12-15/h8,10-12H,4-7H2,1-3H3. The van der Waals surface area contributed by atoms with Crippen molar-refractivity contribution in [2.75, 3.05) is 0 Å². The van der Waals surface area contributed by atoms with E-state index >= 15 is 0 Å². The van der Waals surface area contributed by atoms with Gasteiger partial charge in [0.25, 0.3) is 0 Å². The highest BCUT2D eigenvalue weighted by atomic mass is 14.0. The maximum Gasteiger partial charge on any atom is -0.0148 e. The minimum Gasteiger partial charge on any atom is -0.0760 e. The summed E-state index contributed by atoms with van der Waals surface area (Å²) in [4.78, 5) is 0. The van der Waals surface area contributed by atoms with E-state index < -0.39 is 0 Å². The SMILES string of the molecule is CCCCC/C=[C]\c1ccc(C)c(C)c1. The molecule has 0 aliphatic heterocycles. The average Bonchev–Trinajstić information content (AvgIpc) is 2.23. The quantitative estimate of drug-likeness (QED) is 0.611. The van der Waals surface area contributed by atoms with Gasteiger partial charge in [-0.2, -0.15) is 0 Å². The molecule has 1 aromatic carbocycles. The number of unbranched alkanes of at least 4 members (excludes halogenated alkanes) is 3. The third-order valence-electron chi connectivity index (χ3n) is 2.73. The van der Waals surface area contributed by atoms with Crippen molar-refractivity contribution in [2.24, 2.45) is 0 Å². The van der Waals surface area contributed by atoms with Crippen LogP contribution in [-0.2, 0) is 0 Å². The molecule has 0 spiro atoms. The normalized spacial score (nSPS) is 11.1. The molecule has 0 amide bonds. The molecule has 1 rings (SSSR count). The topological polar surface area (TPSA) is 0 Å². The van der Waals surface area contributed by atoms with Crippen molar-refractivity contribution in [3.8, 4) is 0 Å². The van der Waals surface area contributed by atoms with Crippen LogP contribution < -0.4 is 0 Å². The molecule has 0 atom stereocenters. The zero-order valence-electron chi connectivity index (χ0n) is 10.1. The lowest BCUT2D eigenvalue weighted by atomic mass is 10.1. The van der Waals surface area contributed by atoms with Crippen LogP contribution in [0.25, 0.3) is 0 Å². The molecule has 0 aliphatic carbocycles. The highest BCUT2D eigenvalue weighted by Crippen LogP contribution is 2.10. The Balaban J connectivity index is 2.46. The zero-order chi connectivity index (χ0) is 11.1. The Hall–Kier alpha value is -1.04. The molecule has 0 unspecified atom stereocenters. The lowest BCUT2D eigenvalue weighted by Gasteiger charge is -2.00. The van der Waals surface area contributed by atoms with Crippen LogP contribution in [0.5, 0.6) is 0 Å². The lowest BCUT2D eigenvalue weighted by Crippen LogP contribution is -1.82. The molecule has 0 aromatic heterocycles. The summed E-state index contributed by atoms with van der Waals surface area (Å²) in [5.41, 5.74) is 3.91. The van der Waals surface area contributed by atoms with Crippen LogP contribution in [0.15, 0.2) is 24.3 Å². The highest BCUT2D eigenvalue weighted by molar-refractivity contribution is 5.33. The number of rotatable bonds is 5. The molecule has 0 bridgehead atoms. The van der Waals surface area contributed by atoms with Gasteiger partial charge in [0, 0.05) is 0 Å². The smallest absolute Gasteiger partial charge is 0.0148 e. The van der Waals surface area contributed by atoms with E-state index in [9.17, 15) is 0 Å².